The molecular weight excluding hydrogens is 222 g/mol. The van der Waals surface area contributed by atoms with Gasteiger partial charge in [-0.25, -0.2) is 0 Å². The summed E-state index contributed by atoms with van der Waals surface area (Å²) in [5, 5.41) is 0. The van der Waals surface area contributed by atoms with E-state index in [-0.39, 0.29) is 0 Å². The van der Waals surface area contributed by atoms with Crippen LogP contribution in [-0.4, -0.2) is 30.2 Å². The van der Waals surface area contributed by atoms with Crippen LogP contribution in [0.5, 0.6) is 0 Å². The highest BCUT2D eigenvalue weighted by molar-refractivity contribution is 7.91. The summed E-state index contributed by atoms with van der Waals surface area (Å²) >= 11 is -1.09. The van der Waals surface area contributed by atoms with Gasteiger partial charge in [-0.2, -0.15) is 0 Å². The van der Waals surface area contributed by atoms with Gasteiger partial charge < -0.3 is 14.2 Å². The molecule has 0 aliphatic heterocycles. The first-order valence-corrected chi connectivity index (χ1v) is 6.25. The quantitative estimate of drug-likeness (QED) is 0.429. The second-order valence-corrected chi connectivity index (χ2v) is 4.78. The van der Waals surface area contributed by atoms with E-state index in [4.69, 9.17) is 0 Å². The number of hydrogen-bond acceptors (Lipinski definition) is 3. The van der Waals surface area contributed by atoms with Crippen molar-refractivity contribution in [2.75, 3.05) is 24.2 Å². The molecule has 1 unspecified atom stereocenters. The molecule has 0 radical (unpaired) electrons. The minimum Gasteiger partial charge on any atom is -0.611 e. The molecular formula is C12H15NO2S. The van der Waals surface area contributed by atoms with Gasteiger partial charge in [-0.1, -0.05) is 18.7 Å². The summed E-state index contributed by atoms with van der Waals surface area (Å²) < 4.78 is 11.9. The minimum atomic E-state index is -1.09. The van der Waals surface area contributed by atoms with E-state index in [9.17, 15) is 9.35 Å². The van der Waals surface area contributed by atoms with Gasteiger partial charge in [0.1, 0.15) is 12.0 Å². The van der Waals surface area contributed by atoms with E-state index in [2.05, 4.69) is 6.58 Å². The monoisotopic (exact) mass is 237 g/mol. The molecule has 16 heavy (non-hydrogen) atoms. The van der Waals surface area contributed by atoms with Crippen LogP contribution in [0.2, 0.25) is 0 Å². The first-order valence-electron chi connectivity index (χ1n) is 4.93. The number of aldehydes is 1. The van der Waals surface area contributed by atoms with Crippen molar-refractivity contribution in [3.63, 3.8) is 0 Å². The van der Waals surface area contributed by atoms with E-state index in [0.717, 1.165) is 16.9 Å². The second kappa shape index (κ2) is 6.35. The van der Waals surface area contributed by atoms with E-state index in [0.29, 0.717) is 12.3 Å². The molecule has 0 fully saturated rings. The van der Waals surface area contributed by atoms with Crippen molar-refractivity contribution in [2.24, 2.45) is 0 Å². The topological polar surface area (TPSA) is 43.4 Å². The molecule has 0 saturated heterocycles. The lowest BCUT2D eigenvalue weighted by Gasteiger charge is -2.20. The van der Waals surface area contributed by atoms with Gasteiger partial charge >= 0.3 is 0 Å². The predicted molar refractivity (Wildman–Crippen MR) is 67.2 cm³/mol. The zero-order valence-corrected chi connectivity index (χ0v) is 10.1. The third kappa shape index (κ3) is 3.12. The number of para-hydroxylation sites is 1. The van der Waals surface area contributed by atoms with Crippen LogP contribution < -0.4 is 4.90 Å². The number of hydrogen-bond donors (Lipinski definition) is 0. The highest BCUT2D eigenvalue weighted by Crippen LogP contribution is 2.24. The van der Waals surface area contributed by atoms with E-state index in [1.807, 2.05) is 24.3 Å². The van der Waals surface area contributed by atoms with Crippen LogP contribution in [0.25, 0.3) is 0 Å². The molecule has 1 atom stereocenters. The lowest BCUT2D eigenvalue weighted by Crippen LogP contribution is -2.22. The van der Waals surface area contributed by atoms with Gasteiger partial charge in [0.25, 0.3) is 0 Å². The standard InChI is InChI=1S/C12H15NO2S/c1-3-10-16(15)12-7-5-4-6-11(12)13(2)8-9-14/h3-7,9H,1,8,10H2,2H3. The third-order valence-corrected chi connectivity index (χ3v) is 3.51. The van der Waals surface area contributed by atoms with Gasteiger partial charge in [0, 0.05) is 7.05 Å². The molecule has 0 aromatic heterocycles. The minimum absolute atomic E-state index is 0.294. The zero-order valence-electron chi connectivity index (χ0n) is 9.26. The van der Waals surface area contributed by atoms with Gasteiger partial charge in [-0.15, -0.1) is 0 Å². The molecule has 86 valence electrons. The largest absolute Gasteiger partial charge is 0.611 e. The maximum atomic E-state index is 11.9. The predicted octanol–water partition coefficient (Wildman–Crippen LogP) is 1.62. The number of likely N-dealkylation sites (N-methyl/N-ethyl adjacent to an activating group) is 1. The van der Waals surface area contributed by atoms with Crippen molar-refractivity contribution in [2.45, 2.75) is 4.90 Å². The summed E-state index contributed by atoms with van der Waals surface area (Å²) in [6.07, 6.45) is 2.46. The van der Waals surface area contributed by atoms with Crippen LogP contribution in [0, 0.1) is 0 Å². The van der Waals surface area contributed by atoms with E-state index in [1.165, 1.54) is 0 Å². The number of carbonyl (C=O) groups is 1. The van der Waals surface area contributed by atoms with Crippen molar-refractivity contribution in [3.8, 4) is 0 Å². The molecule has 0 aliphatic rings. The molecule has 0 aliphatic carbocycles. The van der Waals surface area contributed by atoms with Crippen molar-refractivity contribution in [3.05, 3.63) is 36.9 Å². The van der Waals surface area contributed by atoms with Gasteiger partial charge in [0.05, 0.1) is 12.2 Å². The molecule has 0 saturated carbocycles. The summed E-state index contributed by atoms with van der Waals surface area (Å²) in [5.74, 6) is 0.423. The Labute approximate surface area is 98.9 Å². The zero-order chi connectivity index (χ0) is 12.0. The fraction of sp³-hybridized carbons (Fsp3) is 0.250. The maximum Gasteiger partial charge on any atom is 0.176 e. The molecule has 0 spiro atoms. The fourth-order valence-corrected chi connectivity index (χ4v) is 2.45. The van der Waals surface area contributed by atoms with Gasteiger partial charge in [0.15, 0.2) is 4.90 Å². The van der Waals surface area contributed by atoms with Crippen LogP contribution in [0.15, 0.2) is 41.8 Å². The van der Waals surface area contributed by atoms with E-state index in [1.54, 1.807) is 18.0 Å². The SMILES string of the molecule is C=CC[S+]([O-])c1ccccc1N(C)CC=O. The Morgan fingerprint density at radius 1 is 1.50 bits per heavy atom. The Kier molecular flexibility index (Phi) is 5.08. The number of carbonyl (C=O) groups excluding carboxylic acids is 1. The van der Waals surface area contributed by atoms with Crippen LogP contribution in [-0.2, 0) is 16.0 Å². The highest BCUT2D eigenvalue weighted by atomic mass is 32.2. The first-order chi connectivity index (χ1) is 7.70. The van der Waals surface area contributed by atoms with Gasteiger partial charge in [-0.05, 0) is 29.4 Å². The maximum absolute atomic E-state index is 11.9. The van der Waals surface area contributed by atoms with Crippen LogP contribution >= 0.6 is 0 Å². The van der Waals surface area contributed by atoms with Gasteiger partial charge in [0.2, 0.25) is 0 Å². The molecule has 0 heterocycles. The summed E-state index contributed by atoms with van der Waals surface area (Å²) in [6.45, 7) is 3.87. The average molecular weight is 237 g/mol. The summed E-state index contributed by atoms with van der Waals surface area (Å²) in [7, 11) is 1.80. The Hall–Kier alpha value is -1.26. The van der Waals surface area contributed by atoms with Crippen molar-refractivity contribution >= 4 is 23.1 Å². The molecule has 1 aromatic rings. The second-order valence-electron chi connectivity index (χ2n) is 3.32. The molecule has 4 heteroatoms. The molecule has 3 nitrogen and oxygen atoms in total. The smallest absolute Gasteiger partial charge is 0.176 e. The molecule has 0 bridgehead atoms. The third-order valence-electron chi connectivity index (χ3n) is 2.14. The van der Waals surface area contributed by atoms with Crippen LogP contribution in [0.4, 0.5) is 5.69 Å². The molecule has 0 N–H and O–H groups in total. The fourth-order valence-electron chi connectivity index (χ4n) is 1.37. The lowest BCUT2D eigenvalue weighted by atomic mass is 10.3. The van der Waals surface area contributed by atoms with Crippen molar-refractivity contribution in [1.29, 1.82) is 0 Å². The average Bonchev–Trinajstić information content (AvgIpc) is 2.30. The summed E-state index contributed by atoms with van der Waals surface area (Å²) in [4.78, 5) is 13.0. The summed E-state index contributed by atoms with van der Waals surface area (Å²) in [5.41, 5.74) is 0.829. The van der Waals surface area contributed by atoms with Crippen molar-refractivity contribution in [1.82, 2.24) is 0 Å². The first kappa shape index (κ1) is 12.8. The number of anilines is 1. The number of rotatable bonds is 6. The Morgan fingerprint density at radius 2 is 2.19 bits per heavy atom. The Morgan fingerprint density at radius 3 is 2.81 bits per heavy atom. The van der Waals surface area contributed by atoms with Crippen LogP contribution in [0.3, 0.4) is 0 Å². The molecule has 1 rings (SSSR count). The highest BCUT2D eigenvalue weighted by Gasteiger charge is 2.16. The van der Waals surface area contributed by atoms with Crippen LogP contribution in [0.1, 0.15) is 0 Å². The normalized spacial score (nSPS) is 11.9. The van der Waals surface area contributed by atoms with E-state index >= 15 is 0 Å². The summed E-state index contributed by atoms with van der Waals surface area (Å²) in [6, 6.07) is 7.38. The van der Waals surface area contributed by atoms with Gasteiger partial charge in [-0.3, -0.25) is 0 Å². The number of benzene rings is 1. The Bertz CT molecular complexity index is 333. The number of nitrogens with zero attached hydrogens (tertiary/aromatic N) is 1. The Balaban J connectivity index is 2.98. The lowest BCUT2D eigenvalue weighted by molar-refractivity contribution is -0.106. The van der Waals surface area contributed by atoms with Crippen molar-refractivity contribution < 1.29 is 9.35 Å². The molecule has 1 aromatic carbocycles. The molecule has 0 amide bonds. The van der Waals surface area contributed by atoms with E-state index < -0.39 is 11.2 Å².